The fraction of sp³-hybridized carbons (Fsp3) is 0.250. The Balaban J connectivity index is 1.35. The SMILES string of the molecule is NC(=O)CCC(NC(=O)C(N)Cc1c[nH]c2ccccc12)C(=O)NC(Cc1c[nH]c2ccccc12)C(=O)NC(Cc1ccccc1)C(=O)O. The van der Waals surface area contributed by atoms with Gasteiger partial charge in [-0.05, 0) is 41.7 Å². The van der Waals surface area contributed by atoms with Gasteiger partial charge in [-0.2, -0.15) is 0 Å². The molecule has 4 amide bonds. The summed E-state index contributed by atoms with van der Waals surface area (Å²) in [4.78, 5) is 71.0. The molecular weight excluding hydrogens is 626 g/mol. The Morgan fingerprint density at radius 2 is 1.14 bits per heavy atom. The maximum Gasteiger partial charge on any atom is 0.326 e. The molecule has 0 radical (unpaired) electrons. The second kappa shape index (κ2) is 15.8. The van der Waals surface area contributed by atoms with E-state index in [2.05, 4.69) is 25.9 Å². The van der Waals surface area contributed by atoms with Crippen LogP contribution in [0.25, 0.3) is 21.8 Å². The molecule has 4 atom stereocenters. The fourth-order valence-electron chi connectivity index (χ4n) is 5.79. The van der Waals surface area contributed by atoms with Gasteiger partial charge < -0.3 is 42.5 Å². The van der Waals surface area contributed by atoms with Crippen LogP contribution < -0.4 is 27.4 Å². The Kier molecular flexibility index (Phi) is 11.1. The van der Waals surface area contributed by atoms with Gasteiger partial charge in [0.05, 0.1) is 6.04 Å². The van der Waals surface area contributed by atoms with E-state index in [1.54, 1.807) is 42.7 Å². The van der Waals surface area contributed by atoms with Crippen molar-refractivity contribution in [3.05, 3.63) is 108 Å². The average Bonchev–Trinajstić information content (AvgIpc) is 3.70. The second-order valence-corrected chi connectivity index (χ2v) is 12.0. The van der Waals surface area contributed by atoms with E-state index in [0.29, 0.717) is 11.1 Å². The molecule has 0 saturated carbocycles. The molecule has 10 N–H and O–H groups in total. The predicted octanol–water partition coefficient (Wildman–Crippen LogP) is 1.81. The molecule has 254 valence electrons. The highest BCUT2D eigenvalue weighted by atomic mass is 16.4. The number of carbonyl (C=O) groups is 5. The molecule has 0 aliphatic carbocycles. The van der Waals surface area contributed by atoms with Gasteiger partial charge in [-0.25, -0.2) is 4.79 Å². The summed E-state index contributed by atoms with van der Waals surface area (Å²) in [5.41, 5.74) is 15.6. The molecule has 5 rings (SSSR count). The third-order valence-electron chi connectivity index (χ3n) is 8.39. The number of aliphatic carboxylic acids is 1. The number of benzene rings is 3. The van der Waals surface area contributed by atoms with Gasteiger partial charge in [-0.1, -0.05) is 66.7 Å². The lowest BCUT2D eigenvalue weighted by Gasteiger charge is -2.25. The van der Waals surface area contributed by atoms with Gasteiger partial charge >= 0.3 is 5.97 Å². The van der Waals surface area contributed by atoms with E-state index >= 15 is 0 Å². The first-order valence-corrected chi connectivity index (χ1v) is 15.9. The Morgan fingerprint density at radius 3 is 1.73 bits per heavy atom. The molecule has 4 unspecified atom stereocenters. The number of nitrogens with two attached hydrogens (primary N) is 2. The minimum absolute atomic E-state index is 0.00414. The van der Waals surface area contributed by atoms with Gasteiger partial charge in [0.15, 0.2) is 0 Å². The first kappa shape index (κ1) is 34.4. The number of rotatable bonds is 16. The number of amides is 4. The van der Waals surface area contributed by atoms with Gasteiger partial charge in [0.1, 0.15) is 18.1 Å². The van der Waals surface area contributed by atoms with E-state index < -0.39 is 53.8 Å². The zero-order valence-corrected chi connectivity index (χ0v) is 26.6. The van der Waals surface area contributed by atoms with Crippen molar-refractivity contribution in [3.63, 3.8) is 0 Å². The summed E-state index contributed by atoms with van der Waals surface area (Å²) in [6.07, 6.45) is 3.28. The number of fused-ring (bicyclic) bond motifs is 2. The third-order valence-corrected chi connectivity index (χ3v) is 8.39. The lowest BCUT2D eigenvalue weighted by atomic mass is 10.0. The summed E-state index contributed by atoms with van der Waals surface area (Å²) in [7, 11) is 0. The van der Waals surface area contributed by atoms with Crippen LogP contribution in [0.15, 0.2) is 91.3 Å². The highest BCUT2D eigenvalue weighted by Gasteiger charge is 2.31. The molecular formula is C36H39N7O6. The zero-order chi connectivity index (χ0) is 34.9. The van der Waals surface area contributed by atoms with Crippen LogP contribution in [-0.2, 0) is 43.2 Å². The van der Waals surface area contributed by atoms with E-state index in [0.717, 1.165) is 27.4 Å². The van der Waals surface area contributed by atoms with Crippen LogP contribution in [0.4, 0.5) is 0 Å². The Bertz CT molecular complexity index is 1950. The van der Waals surface area contributed by atoms with Gasteiger partial charge in [0.25, 0.3) is 0 Å². The van der Waals surface area contributed by atoms with Gasteiger partial charge in [-0.3, -0.25) is 19.2 Å². The molecule has 0 bridgehead atoms. The standard InChI is InChI=1S/C36H39N7O6/c37-26(17-22-19-39-27-12-6-4-10-24(22)27)33(45)41-29(14-15-32(38)44)34(46)42-30(18-23-20-40-28-13-7-5-11-25(23)28)35(47)43-31(36(48)49)16-21-8-2-1-3-9-21/h1-13,19-20,26,29-31,39-40H,14-18,37H2,(H2,38,44)(H,41,45)(H,42,46)(H,43,47)(H,48,49). The first-order chi connectivity index (χ1) is 23.6. The number of hydrogen-bond acceptors (Lipinski definition) is 6. The van der Waals surface area contributed by atoms with Crippen LogP contribution in [0.1, 0.15) is 29.5 Å². The number of H-pyrrole nitrogens is 2. The second-order valence-electron chi connectivity index (χ2n) is 12.0. The number of aromatic nitrogens is 2. The molecule has 0 saturated heterocycles. The summed E-state index contributed by atoms with van der Waals surface area (Å²) in [6, 6.07) is 19.0. The van der Waals surface area contributed by atoms with E-state index in [9.17, 15) is 29.1 Å². The van der Waals surface area contributed by atoms with Crippen molar-refractivity contribution < 1.29 is 29.1 Å². The van der Waals surface area contributed by atoms with Crippen molar-refractivity contribution in [3.8, 4) is 0 Å². The van der Waals surface area contributed by atoms with Crippen LogP contribution >= 0.6 is 0 Å². The summed E-state index contributed by atoms with van der Waals surface area (Å²) < 4.78 is 0. The van der Waals surface area contributed by atoms with Gasteiger partial charge in [0, 0.05) is 53.5 Å². The largest absolute Gasteiger partial charge is 0.480 e. The zero-order valence-electron chi connectivity index (χ0n) is 26.6. The van der Waals surface area contributed by atoms with E-state index in [1.807, 2.05) is 48.5 Å². The van der Waals surface area contributed by atoms with Crippen LogP contribution in [0.3, 0.4) is 0 Å². The molecule has 2 aromatic heterocycles. The molecule has 13 heteroatoms. The summed E-state index contributed by atoms with van der Waals surface area (Å²) in [5, 5.41) is 19.6. The van der Waals surface area contributed by atoms with E-state index in [4.69, 9.17) is 11.5 Å². The molecule has 0 aliphatic heterocycles. The number of para-hydroxylation sites is 2. The quantitative estimate of drug-likeness (QED) is 0.0779. The third kappa shape index (κ3) is 8.90. The molecule has 49 heavy (non-hydrogen) atoms. The summed E-state index contributed by atoms with van der Waals surface area (Å²) in [6.45, 7) is 0. The van der Waals surface area contributed by atoms with Crippen molar-refractivity contribution in [1.82, 2.24) is 25.9 Å². The van der Waals surface area contributed by atoms with Crippen LogP contribution in [0.2, 0.25) is 0 Å². The maximum absolute atomic E-state index is 13.8. The number of carboxylic acids is 1. The average molecular weight is 666 g/mol. The first-order valence-electron chi connectivity index (χ1n) is 15.9. The lowest BCUT2D eigenvalue weighted by molar-refractivity contribution is -0.142. The predicted molar refractivity (Wildman–Crippen MR) is 184 cm³/mol. The van der Waals surface area contributed by atoms with E-state index in [1.165, 1.54) is 0 Å². The van der Waals surface area contributed by atoms with Crippen LogP contribution in [-0.4, -0.2) is 68.8 Å². The van der Waals surface area contributed by atoms with Crippen LogP contribution in [0.5, 0.6) is 0 Å². The molecule has 0 fully saturated rings. The summed E-state index contributed by atoms with van der Waals surface area (Å²) >= 11 is 0. The molecule has 0 aliphatic rings. The highest BCUT2D eigenvalue weighted by molar-refractivity contribution is 5.95. The minimum atomic E-state index is -1.29. The number of hydrogen-bond donors (Lipinski definition) is 8. The number of carbonyl (C=O) groups excluding carboxylic acids is 4. The Hall–Kier alpha value is -5.95. The smallest absolute Gasteiger partial charge is 0.326 e. The maximum atomic E-state index is 13.8. The Labute approximate surface area is 281 Å². The minimum Gasteiger partial charge on any atom is -0.480 e. The number of primary amides is 1. The van der Waals surface area contributed by atoms with Crippen LogP contribution in [0, 0.1) is 0 Å². The topological polar surface area (TPSA) is 225 Å². The number of nitrogens with one attached hydrogen (secondary N) is 5. The van der Waals surface area contributed by atoms with Crippen molar-refractivity contribution in [2.24, 2.45) is 11.5 Å². The normalized spacial score (nSPS) is 13.7. The molecule has 5 aromatic rings. The molecule has 13 nitrogen and oxygen atoms in total. The fourth-order valence-corrected chi connectivity index (χ4v) is 5.79. The Morgan fingerprint density at radius 1 is 0.633 bits per heavy atom. The molecule has 3 aromatic carbocycles. The van der Waals surface area contributed by atoms with Crippen molar-refractivity contribution in [2.45, 2.75) is 56.3 Å². The number of aromatic amines is 2. The monoisotopic (exact) mass is 665 g/mol. The summed E-state index contributed by atoms with van der Waals surface area (Å²) in [5.74, 6) is -4.07. The van der Waals surface area contributed by atoms with Crippen molar-refractivity contribution >= 4 is 51.4 Å². The highest BCUT2D eigenvalue weighted by Crippen LogP contribution is 2.21. The molecule has 2 heterocycles. The molecule has 0 spiro atoms. The van der Waals surface area contributed by atoms with Crippen molar-refractivity contribution in [1.29, 1.82) is 0 Å². The number of carboxylic acid groups (broad SMARTS) is 1. The van der Waals surface area contributed by atoms with Crippen molar-refractivity contribution in [2.75, 3.05) is 0 Å². The van der Waals surface area contributed by atoms with E-state index in [-0.39, 0.29) is 32.1 Å². The van der Waals surface area contributed by atoms with Gasteiger partial charge in [0.2, 0.25) is 23.6 Å². The van der Waals surface area contributed by atoms with Gasteiger partial charge in [-0.15, -0.1) is 0 Å². The lowest BCUT2D eigenvalue weighted by Crippen LogP contribution is -2.58.